The number of imide groups is 1. The molecule has 3 atom stereocenters. The summed E-state index contributed by atoms with van der Waals surface area (Å²) >= 11 is 20.4. The molecule has 226 valence electrons. The molecule has 0 aliphatic carbocycles. The number of hydrogen-bond acceptors (Lipinski definition) is 6. The van der Waals surface area contributed by atoms with Crippen molar-refractivity contribution in [2.45, 2.75) is 28.9 Å². The Morgan fingerprint density at radius 1 is 0.909 bits per heavy atom. The molecule has 0 unspecified atom stereocenters. The van der Waals surface area contributed by atoms with Gasteiger partial charge in [0.05, 0.1) is 32.2 Å². The molecule has 0 saturated carbocycles. The smallest absolute Gasteiger partial charge is 0.325 e. The van der Waals surface area contributed by atoms with Crippen molar-refractivity contribution in [2.24, 2.45) is 5.92 Å². The van der Waals surface area contributed by atoms with Gasteiger partial charge in [-0.25, -0.2) is 4.90 Å². The molecule has 2 aliphatic rings. The Bertz CT molecular complexity index is 1900. The van der Waals surface area contributed by atoms with Gasteiger partial charge in [-0.1, -0.05) is 82.2 Å². The molecular weight excluding hydrogens is 682 g/mol. The number of thiazole rings is 1. The van der Waals surface area contributed by atoms with Crippen LogP contribution in [-0.4, -0.2) is 27.5 Å². The van der Waals surface area contributed by atoms with Crippen molar-refractivity contribution in [1.82, 2.24) is 4.57 Å². The van der Waals surface area contributed by atoms with Crippen LogP contribution in [-0.2, 0) is 27.1 Å². The predicted molar refractivity (Wildman–Crippen MR) is 164 cm³/mol. The number of benzene rings is 3. The van der Waals surface area contributed by atoms with Gasteiger partial charge in [-0.05, 0) is 48.0 Å². The summed E-state index contributed by atoms with van der Waals surface area (Å²) in [5, 5.41) is 2.36. The van der Waals surface area contributed by atoms with Gasteiger partial charge in [0.2, 0.25) is 17.7 Å². The fraction of sp³-hybridized carbons (Fsp3) is 0.172. The Labute approximate surface area is 270 Å². The van der Waals surface area contributed by atoms with Crippen molar-refractivity contribution in [3.63, 3.8) is 0 Å². The monoisotopic (exact) mass is 697 g/mol. The average Bonchev–Trinajstić information content (AvgIpc) is 3.41. The van der Waals surface area contributed by atoms with E-state index in [9.17, 15) is 32.3 Å². The molecule has 3 heterocycles. The number of amides is 3. The van der Waals surface area contributed by atoms with Crippen LogP contribution in [0.5, 0.6) is 0 Å². The molecule has 3 amide bonds. The Morgan fingerprint density at radius 2 is 1.61 bits per heavy atom. The van der Waals surface area contributed by atoms with Crippen LogP contribution in [0.2, 0.25) is 15.1 Å². The number of para-hydroxylation sites is 1. The number of aromatic nitrogens is 1. The van der Waals surface area contributed by atoms with Gasteiger partial charge in [0.1, 0.15) is 11.8 Å². The maximum atomic E-state index is 14.0. The molecule has 0 bridgehead atoms. The summed E-state index contributed by atoms with van der Waals surface area (Å²) in [5.74, 6) is -4.54. The molecule has 1 aromatic heterocycles. The summed E-state index contributed by atoms with van der Waals surface area (Å²) in [4.78, 5) is 54.5. The summed E-state index contributed by atoms with van der Waals surface area (Å²) in [6.07, 6.45) is -4.84. The van der Waals surface area contributed by atoms with Crippen molar-refractivity contribution in [3.8, 4) is 0 Å². The van der Waals surface area contributed by atoms with E-state index < -0.39 is 63.7 Å². The molecule has 0 radical (unpaired) electrons. The lowest BCUT2D eigenvalue weighted by Crippen LogP contribution is -2.33. The van der Waals surface area contributed by atoms with Crippen molar-refractivity contribution < 1.29 is 27.6 Å². The number of fused-ring (bicyclic) bond motifs is 2. The van der Waals surface area contributed by atoms with Crippen LogP contribution < -0.4 is 15.1 Å². The van der Waals surface area contributed by atoms with Crippen LogP contribution in [0.4, 0.5) is 24.5 Å². The molecule has 6 rings (SSSR count). The number of alkyl halides is 3. The number of hydrogen-bond donors (Lipinski definition) is 1. The maximum absolute atomic E-state index is 14.0. The summed E-state index contributed by atoms with van der Waals surface area (Å²) in [6, 6.07) is 15.3. The molecule has 1 N–H and O–H groups in total. The third kappa shape index (κ3) is 5.32. The lowest BCUT2D eigenvalue weighted by molar-refractivity contribution is -0.137. The lowest BCUT2D eigenvalue weighted by Gasteiger charge is -2.31. The first-order valence-corrected chi connectivity index (χ1v) is 15.6. The minimum atomic E-state index is -4.84. The Balaban J connectivity index is 1.46. The molecule has 7 nitrogen and oxygen atoms in total. The van der Waals surface area contributed by atoms with Gasteiger partial charge in [-0.15, -0.1) is 0 Å². The first-order valence-electron chi connectivity index (χ1n) is 12.8. The lowest BCUT2D eigenvalue weighted by atomic mass is 9.83. The van der Waals surface area contributed by atoms with E-state index in [4.69, 9.17) is 34.8 Å². The van der Waals surface area contributed by atoms with E-state index in [1.807, 2.05) is 0 Å². The molecule has 3 aromatic carbocycles. The van der Waals surface area contributed by atoms with Crippen LogP contribution in [0, 0.1) is 5.92 Å². The second-order valence-electron chi connectivity index (χ2n) is 9.89. The van der Waals surface area contributed by atoms with Gasteiger partial charge in [0.15, 0.2) is 0 Å². The molecule has 4 aromatic rings. The number of nitrogens with zero attached hydrogens (tertiary/aromatic N) is 2. The summed E-state index contributed by atoms with van der Waals surface area (Å²) in [6.45, 7) is -0.434. The summed E-state index contributed by atoms with van der Waals surface area (Å²) < 4.78 is 43.1. The van der Waals surface area contributed by atoms with E-state index >= 15 is 0 Å². The van der Waals surface area contributed by atoms with Gasteiger partial charge >= 0.3 is 11.0 Å². The van der Waals surface area contributed by atoms with Crippen molar-refractivity contribution in [2.75, 3.05) is 10.2 Å². The highest BCUT2D eigenvalue weighted by atomic mass is 35.5. The molecular formula is C29H17Cl3F3N3O4S2. The zero-order chi connectivity index (χ0) is 31.5. The molecule has 44 heavy (non-hydrogen) atoms. The van der Waals surface area contributed by atoms with Crippen LogP contribution in [0.3, 0.4) is 0 Å². The van der Waals surface area contributed by atoms with Gasteiger partial charge in [-0.2, -0.15) is 13.2 Å². The third-order valence-electron chi connectivity index (χ3n) is 7.25. The first kappa shape index (κ1) is 30.7. The van der Waals surface area contributed by atoms with Crippen molar-refractivity contribution >= 4 is 87.0 Å². The first-order chi connectivity index (χ1) is 20.9. The van der Waals surface area contributed by atoms with Crippen LogP contribution >= 0.6 is 57.9 Å². The SMILES string of the molecule is O=C(Cn1c2c(sc1=O)[C@@H](c1cccc(Cl)c1Cl)[C@@H]1C(=O)N(c3ccccc3C(F)(F)F)C(=O)[C@@H]1S2)Nc1ccc(Cl)cc1. The molecule has 1 fully saturated rings. The standard InChI is InChI=1S/C29H17Cl3F3N3O4S2/c30-13-8-10-14(11-9-13)36-19(39)12-37-27-24(44-28(37)42)20(15-4-3-6-17(31)22(15)32)21-23(43-27)26(41)38(25(21)40)18-7-2-1-5-16(18)29(33,34)35/h1-11,20-21,23H,12H2,(H,36,39)/t20-,21-,23+/m0/s1. The average molecular weight is 699 g/mol. The normalized spacial score (nSPS) is 19.6. The van der Waals surface area contributed by atoms with Gasteiger partial charge in [0, 0.05) is 21.5 Å². The number of nitrogens with one attached hydrogen (secondary N) is 1. The van der Waals surface area contributed by atoms with E-state index in [1.54, 1.807) is 36.4 Å². The number of halogens is 6. The highest BCUT2D eigenvalue weighted by Gasteiger charge is 2.58. The van der Waals surface area contributed by atoms with E-state index in [-0.39, 0.29) is 15.1 Å². The maximum Gasteiger partial charge on any atom is 0.418 e. The van der Waals surface area contributed by atoms with E-state index in [0.717, 1.165) is 35.2 Å². The molecule has 1 saturated heterocycles. The number of carbonyl (C=O) groups is 3. The van der Waals surface area contributed by atoms with E-state index in [0.29, 0.717) is 26.1 Å². The molecule has 2 aliphatic heterocycles. The van der Waals surface area contributed by atoms with Crippen LogP contribution in [0.15, 0.2) is 76.6 Å². The minimum absolute atomic E-state index is 0.0676. The van der Waals surface area contributed by atoms with E-state index in [2.05, 4.69) is 5.32 Å². The number of carbonyl (C=O) groups excluding carboxylic acids is 3. The van der Waals surface area contributed by atoms with Gasteiger partial charge < -0.3 is 5.32 Å². The summed E-state index contributed by atoms with van der Waals surface area (Å²) in [5.41, 5.74) is -0.984. The second-order valence-corrected chi connectivity index (χ2v) is 13.2. The van der Waals surface area contributed by atoms with Crippen LogP contribution in [0.25, 0.3) is 0 Å². The van der Waals surface area contributed by atoms with Gasteiger partial charge in [0.25, 0.3) is 0 Å². The largest absolute Gasteiger partial charge is 0.418 e. The topological polar surface area (TPSA) is 88.5 Å². The molecule has 0 spiro atoms. The quantitative estimate of drug-likeness (QED) is 0.221. The molecule has 15 heteroatoms. The Hall–Kier alpha value is -3.29. The number of anilines is 2. The third-order valence-corrected chi connectivity index (χ3v) is 10.9. The predicted octanol–water partition coefficient (Wildman–Crippen LogP) is 7.32. The Kier molecular flexibility index (Phi) is 8.08. The van der Waals surface area contributed by atoms with Crippen LogP contribution in [0.1, 0.15) is 21.9 Å². The van der Waals surface area contributed by atoms with Gasteiger partial charge in [-0.3, -0.25) is 23.7 Å². The second kappa shape index (κ2) is 11.6. The fourth-order valence-corrected chi connectivity index (χ4v) is 8.69. The fourth-order valence-electron chi connectivity index (χ4n) is 5.37. The zero-order valence-corrected chi connectivity index (χ0v) is 25.8. The highest BCUT2D eigenvalue weighted by Crippen LogP contribution is 2.55. The highest BCUT2D eigenvalue weighted by molar-refractivity contribution is 8.00. The number of rotatable bonds is 5. The van der Waals surface area contributed by atoms with E-state index in [1.165, 1.54) is 22.8 Å². The Morgan fingerprint density at radius 3 is 2.32 bits per heavy atom. The van der Waals surface area contributed by atoms with Crippen molar-refractivity contribution in [1.29, 1.82) is 0 Å². The van der Waals surface area contributed by atoms with Crippen molar-refractivity contribution in [3.05, 3.63) is 107 Å². The minimum Gasteiger partial charge on any atom is -0.325 e. The number of thioether (sulfide) groups is 1. The zero-order valence-electron chi connectivity index (χ0n) is 21.9. The summed E-state index contributed by atoms with van der Waals surface area (Å²) in [7, 11) is 0.